The molecule has 2 N–H and O–H groups in total. The second kappa shape index (κ2) is 6.83. The van der Waals surface area contributed by atoms with Crippen LogP contribution in [-0.2, 0) is 6.42 Å². The second-order valence-corrected chi connectivity index (χ2v) is 4.72. The van der Waals surface area contributed by atoms with E-state index in [1.165, 1.54) is 30.3 Å². The lowest BCUT2D eigenvalue weighted by molar-refractivity contribution is 0.252. The van der Waals surface area contributed by atoms with Crippen LogP contribution in [0.5, 0.6) is 0 Å². The Bertz CT molecular complexity index is 627. The van der Waals surface area contributed by atoms with Gasteiger partial charge in [0.1, 0.15) is 11.6 Å². The van der Waals surface area contributed by atoms with Gasteiger partial charge in [0.05, 0.1) is 0 Å². The molecule has 2 rings (SSSR count). The van der Waals surface area contributed by atoms with Crippen LogP contribution in [0.25, 0.3) is 0 Å². The number of rotatable bonds is 4. The van der Waals surface area contributed by atoms with Gasteiger partial charge in [-0.1, -0.05) is 12.1 Å². The molecule has 3 nitrogen and oxygen atoms in total. The van der Waals surface area contributed by atoms with Gasteiger partial charge in [0, 0.05) is 12.2 Å². The summed E-state index contributed by atoms with van der Waals surface area (Å²) in [6, 6.07) is 9.94. The van der Waals surface area contributed by atoms with E-state index >= 15 is 0 Å². The van der Waals surface area contributed by atoms with Gasteiger partial charge in [0.25, 0.3) is 0 Å². The second-order valence-electron chi connectivity index (χ2n) is 4.72. The number of carbonyl (C=O) groups is 1. The molecule has 0 radical (unpaired) electrons. The molecule has 0 saturated heterocycles. The van der Waals surface area contributed by atoms with Gasteiger partial charge in [0.15, 0.2) is 0 Å². The molecule has 0 atom stereocenters. The molecule has 0 unspecified atom stereocenters. The van der Waals surface area contributed by atoms with Crippen LogP contribution >= 0.6 is 0 Å². The van der Waals surface area contributed by atoms with Gasteiger partial charge in [-0.25, -0.2) is 13.6 Å². The van der Waals surface area contributed by atoms with Crippen molar-refractivity contribution in [2.24, 2.45) is 0 Å². The highest BCUT2D eigenvalue weighted by Crippen LogP contribution is 2.15. The number of halogens is 2. The molecule has 2 aromatic rings. The average molecular weight is 290 g/mol. The maximum atomic E-state index is 12.9. The Kier molecular flexibility index (Phi) is 4.87. The molecule has 0 aromatic heterocycles. The number of hydrogen-bond acceptors (Lipinski definition) is 1. The van der Waals surface area contributed by atoms with Crippen molar-refractivity contribution in [1.82, 2.24) is 5.32 Å². The van der Waals surface area contributed by atoms with E-state index in [1.54, 1.807) is 19.1 Å². The summed E-state index contributed by atoms with van der Waals surface area (Å²) in [7, 11) is 0. The number of aryl methyl sites for hydroxylation is 1. The average Bonchev–Trinajstić information content (AvgIpc) is 2.44. The molecule has 0 bridgehead atoms. The summed E-state index contributed by atoms with van der Waals surface area (Å²) in [4.78, 5) is 11.7. The van der Waals surface area contributed by atoms with Crippen molar-refractivity contribution in [3.8, 4) is 0 Å². The van der Waals surface area contributed by atoms with Crippen LogP contribution in [0.2, 0.25) is 0 Å². The Labute approximate surface area is 122 Å². The van der Waals surface area contributed by atoms with Crippen LogP contribution in [-0.4, -0.2) is 12.6 Å². The van der Waals surface area contributed by atoms with E-state index in [0.717, 1.165) is 5.56 Å². The molecule has 5 heteroatoms. The predicted octanol–water partition coefficient (Wildman–Crippen LogP) is 3.64. The number of urea groups is 1. The number of carbonyl (C=O) groups excluding carboxylic acids is 1. The first-order chi connectivity index (χ1) is 10.0. The molecular weight excluding hydrogens is 274 g/mol. The molecule has 0 fully saturated rings. The van der Waals surface area contributed by atoms with Crippen LogP contribution in [0.15, 0.2) is 42.5 Å². The highest BCUT2D eigenvalue weighted by atomic mass is 19.1. The third kappa shape index (κ3) is 4.56. The minimum atomic E-state index is -0.355. The van der Waals surface area contributed by atoms with E-state index in [4.69, 9.17) is 0 Å². The molecule has 0 aliphatic rings. The van der Waals surface area contributed by atoms with Crippen LogP contribution < -0.4 is 10.6 Å². The zero-order valence-corrected chi connectivity index (χ0v) is 11.6. The van der Waals surface area contributed by atoms with Crippen LogP contribution in [0.4, 0.5) is 19.3 Å². The van der Waals surface area contributed by atoms with Crippen LogP contribution in [0, 0.1) is 18.6 Å². The van der Waals surface area contributed by atoms with E-state index in [1.807, 2.05) is 0 Å². The van der Waals surface area contributed by atoms with Gasteiger partial charge in [-0.2, -0.15) is 0 Å². The molecule has 0 spiro atoms. The zero-order valence-electron chi connectivity index (χ0n) is 11.6. The highest BCUT2D eigenvalue weighted by Gasteiger charge is 2.05. The standard InChI is InChI=1S/C16H16F2N2O/c1-11-10-14(18)6-7-15(11)20-16(21)19-9-8-12-2-4-13(17)5-3-12/h2-7,10H,8-9H2,1H3,(H2,19,20,21). The molecule has 0 saturated carbocycles. The number of nitrogens with one attached hydrogen (secondary N) is 2. The molecule has 2 aromatic carbocycles. The highest BCUT2D eigenvalue weighted by molar-refractivity contribution is 5.90. The summed E-state index contributed by atoms with van der Waals surface area (Å²) >= 11 is 0. The number of hydrogen-bond donors (Lipinski definition) is 2. The first kappa shape index (κ1) is 15.0. The minimum Gasteiger partial charge on any atom is -0.338 e. The van der Waals surface area contributed by atoms with Crippen molar-refractivity contribution in [1.29, 1.82) is 0 Å². The van der Waals surface area contributed by atoms with Crippen molar-refractivity contribution in [2.45, 2.75) is 13.3 Å². The van der Waals surface area contributed by atoms with Crippen LogP contribution in [0.3, 0.4) is 0 Å². The lowest BCUT2D eigenvalue weighted by Gasteiger charge is -2.10. The third-order valence-corrected chi connectivity index (χ3v) is 3.05. The van der Waals surface area contributed by atoms with Gasteiger partial charge in [0.2, 0.25) is 0 Å². The number of amides is 2. The van der Waals surface area contributed by atoms with E-state index < -0.39 is 0 Å². The third-order valence-electron chi connectivity index (χ3n) is 3.05. The first-order valence-electron chi connectivity index (χ1n) is 6.60. The molecule has 2 amide bonds. The molecule has 0 aliphatic heterocycles. The lowest BCUT2D eigenvalue weighted by atomic mass is 10.1. The summed E-state index contributed by atoms with van der Waals surface area (Å²) in [6.45, 7) is 2.15. The normalized spacial score (nSPS) is 10.2. The van der Waals surface area contributed by atoms with Gasteiger partial charge in [-0.3, -0.25) is 0 Å². The maximum absolute atomic E-state index is 12.9. The number of benzene rings is 2. The summed E-state index contributed by atoms with van der Waals surface area (Å²) in [6.07, 6.45) is 0.607. The van der Waals surface area contributed by atoms with Gasteiger partial charge >= 0.3 is 6.03 Å². The fraction of sp³-hybridized carbons (Fsp3) is 0.188. The van der Waals surface area contributed by atoms with E-state index in [0.29, 0.717) is 24.2 Å². The monoisotopic (exact) mass is 290 g/mol. The zero-order chi connectivity index (χ0) is 15.2. The summed E-state index contributed by atoms with van der Waals surface area (Å²) in [5.74, 6) is -0.619. The largest absolute Gasteiger partial charge is 0.338 e. The molecule has 110 valence electrons. The van der Waals surface area contributed by atoms with Crippen molar-refractivity contribution in [2.75, 3.05) is 11.9 Å². The summed E-state index contributed by atoms with van der Waals surface area (Å²) < 4.78 is 25.7. The van der Waals surface area contributed by atoms with E-state index in [-0.39, 0.29) is 17.7 Å². The topological polar surface area (TPSA) is 41.1 Å². The number of anilines is 1. The van der Waals surface area contributed by atoms with Crippen molar-refractivity contribution in [3.63, 3.8) is 0 Å². The summed E-state index contributed by atoms with van der Waals surface area (Å²) in [5, 5.41) is 5.35. The fourth-order valence-electron chi connectivity index (χ4n) is 1.91. The summed E-state index contributed by atoms with van der Waals surface area (Å²) in [5.41, 5.74) is 2.16. The van der Waals surface area contributed by atoms with E-state index in [2.05, 4.69) is 10.6 Å². The Morgan fingerprint density at radius 1 is 1.05 bits per heavy atom. The molecule has 0 aliphatic carbocycles. The SMILES string of the molecule is Cc1cc(F)ccc1NC(=O)NCCc1ccc(F)cc1. The Hall–Kier alpha value is -2.43. The fourth-order valence-corrected chi connectivity index (χ4v) is 1.91. The van der Waals surface area contributed by atoms with Crippen molar-refractivity contribution >= 4 is 11.7 Å². The first-order valence-corrected chi connectivity index (χ1v) is 6.60. The Balaban J connectivity index is 1.81. The molecule has 21 heavy (non-hydrogen) atoms. The predicted molar refractivity (Wildman–Crippen MR) is 78.3 cm³/mol. The quantitative estimate of drug-likeness (QED) is 0.887. The minimum absolute atomic E-state index is 0.281. The lowest BCUT2D eigenvalue weighted by Crippen LogP contribution is -2.30. The van der Waals surface area contributed by atoms with Crippen molar-refractivity contribution < 1.29 is 13.6 Å². The van der Waals surface area contributed by atoms with E-state index in [9.17, 15) is 13.6 Å². The van der Waals surface area contributed by atoms with Crippen LogP contribution in [0.1, 0.15) is 11.1 Å². The van der Waals surface area contributed by atoms with Gasteiger partial charge in [-0.05, 0) is 54.8 Å². The van der Waals surface area contributed by atoms with Gasteiger partial charge in [-0.15, -0.1) is 0 Å². The van der Waals surface area contributed by atoms with Gasteiger partial charge < -0.3 is 10.6 Å². The molecule has 0 heterocycles. The Morgan fingerprint density at radius 3 is 2.38 bits per heavy atom. The Morgan fingerprint density at radius 2 is 1.71 bits per heavy atom. The smallest absolute Gasteiger partial charge is 0.319 e. The van der Waals surface area contributed by atoms with Crippen molar-refractivity contribution in [3.05, 3.63) is 65.2 Å². The molecular formula is C16H16F2N2O. The maximum Gasteiger partial charge on any atom is 0.319 e.